The summed E-state index contributed by atoms with van der Waals surface area (Å²) < 4.78 is 67.6. The van der Waals surface area contributed by atoms with Gasteiger partial charge >= 0.3 is 12.1 Å². The molecule has 0 fully saturated rings. The van der Waals surface area contributed by atoms with Gasteiger partial charge in [-0.15, -0.1) is 0 Å². The topological polar surface area (TPSA) is 9.23 Å². The van der Waals surface area contributed by atoms with Crippen LogP contribution in [0, 0.1) is 5.92 Å². The third-order valence-electron chi connectivity index (χ3n) is 4.44. The van der Waals surface area contributed by atoms with E-state index in [4.69, 9.17) is 4.74 Å². The molecule has 0 saturated carbocycles. The van der Waals surface area contributed by atoms with Crippen LogP contribution in [-0.4, -0.2) is 25.3 Å². The Morgan fingerprint density at radius 2 is 1.69 bits per heavy atom. The Balaban J connectivity index is 0.00000379. The number of halogens is 5. The monoisotopic (exact) mass is 420 g/mol. The van der Waals surface area contributed by atoms with Crippen LogP contribution in [0.4, 0.5) is 22.0 Å². The first-order chi connectivity index (χ1) is 13.3. The highest BCUT2D eigenvalue weighted by Crippen LogP contribution is 2.38. The molecule has 0 aliphatic heterocycles. The number of rotatable bonds is 9. The van der Waals surface area contributed by atoms with Gasteiger partial charge in [0, 0.05) is 6.42 Å². The van der Waals surface area contributed by atoms with Crippen molar-refractivity contribution in [1.29, 1.82) is 0 Å². The van der Waals surface area contributed by atoms with Crippen LogP contribution >= 0.6 is 0 Å². The molecule has 1 nitrogen and oxygen atoms in total. The molecule has 29 heavy (non-hydrogen) atoms. The minimum absolute atomic E-state index is 0.0292. The molecule has 0 amide bonds. The summed E-state index contributed by atoms with van der Waals surface area (Å²) in [6.07, 6.45) is 0.228. The zero-order chi connectivity index (χ0) is 22.8. The van der Waals surface area contributed by atoms with Crippen LogP contribution in [0.3, 0.4) is 0 Å². The molecule has 0 radical (unpaired) electrons. The SMILES string of the molecule is C=C(/C=C\C(=C)C(C)C)C1=C(COCCC(F)(F)C(F)(F)F)C=C(C)CC1.CC. The van der Waals surface area contributed by atoms with E-state index in [1.165, 1.54) is 0 Å². The Morgan fingerprint density at radius 3 is 2.21 bits per heavy atom. The zero-order valence-corrected chi connectivity index (χ0v) is 18.1. The summed E-state index contributed by atoms with van der Waals surface area (Å²) in [5, 5.41) is 0. The summed E-state index contributed by atoms with van der Waals surface area (Å²) in [5.41, 5.74) is 4.50. The van der Waals surface area contributed by atoms with Crippen LogP contribution in [0.15, 0.2) is 59.3 Å². The highest BCUT2D eigenvalue weighted by atomic mass is 19.4. The van der Waals surface area contributed by atoms with Crippen molar-refractivity contribution in [2.75, 3.05) is 13.2 Å². The summed E-state index contributed by atoms with van der Waals surface area (Å²) in [6, 6.07) is 0. The molecule has 0 atom stereocenters. The van der Waals surface area contributed by atoms with E-state index < -0.39 is 25.1 Å². The standard InChI is InChI=1S/C21H27F5O.C2H6/c1-14(2)16(4)7-8-17(5)19-9-6-15(3)12-18(19)13-27-11-10-20(22,23)21(24,25)26;1-2/h7-8,12,14H,4-6,9-11,13H2,1-3H3;1-2H3/b8-7-;. The second-order valence-electron chi connectivity index (χ2n) is 7.09. The van der Waals surface area contributed by atoms with Gasteiger partial charge in [0.05, 0.1) is 13.2 Å². The van der Waals surface area contributed by atoms with Crippen molar-refractivity contribution >= 4 is 0 Å². The van der Waals surface area contributed by atoms with Crippen LogP contribution in [0.25, 0.3) is 0 Å². The first kappa shape index (κ1) is 27.3. The normalized spacial score (nSPS) is 15.3. The van der Waals surface area contributed by atoms with Crippen molar-refractivity contribution in [3.8, 4) is 0 Å². The smallest absolute Gasteiger partial charge is 0.377 e. The van der Waals surface area contributed by atoms with Gasteiger partial charge in [0.2, 0.25) is 0 Å². The van der Waals surface area contributed by atoms with E-state index in [-0.39, 0.29) is 6.61 Å². The third kappa shape index (κ3) is 9.11. The maximum atomic E-state index is 12.9. The molecule has 0 heterocycles. The van der Waals surface area contributed by atoms with Crippen LogP contribution in [0.1, 0.15) is 53.9 Å². The summed E-state index contributed by atoms with van der Waals surface area (Å²) in [4.78, 5) is 0. The van der Waals surface area contributed by atoms with Gasteiger partial charge in [-0.05, 0) is 42.4 Å². The van der Waals surface area contributed by atoms with E-state index in [0.717, 1.165) is 40.7 Å². The Morgan fingerprint density at radius 1 is 1.10 bits per heavy atom. The molecule has 166 valence electrons. The molecule has 0 aromatic carbocycles. The average Bonchev–Trinajstić information content (AvgIpc) is 2.63. The first-order valence-corrected chi connectivity index (χ1v) is 9.82. The molecule has 1 aliphatic carbocycles. The first-order valence-electron chi connectivity index (χ1n) is 9.82. The minimum atomic E-state index is -5.56. The molecule has 0 spiro atoms. The van der Waals surface area contributed by atoms with E-state index in [9.17, 15) is 22.0 Å². The van der Waals surface area contributed by atoms with Gasteiger partial charge in [0.15, 0.2) is 0 Å². The lowest BCUT2D eigenvalue weighted by molar-refractivity contribution is -0.286. The molecule has 0 aromatic heterocycles. The second-order valence-corrected chi connectivity index (χ2v) is 7.09. The summed E-state index contributed by atoms with van der Waals surface area (Å²) in [5.74, 6) is -4.44. The maximum absolute atomic E-state index is 12.9. The van der Waals surface area contributed by atoms with E-state index >= 15 is 0 Å². The van der Waals surface area contributed by atoms with Gasteiger partial charge in [-0.3, -0.25) is 0 Å². The van der Waals surface area contributed by atoms with E-state index in [1.807, 2.05) is 52.8 Å². The van der Waals surface area contributed by atoms with Crippen molar-refractivity contribution in [2.45, 2.75) is 66.0 Å². The fourth-order valence-electron chi connectivity index (χ4n) is 2.46. The summed E-state index contributed by atoms with van der Waals surface area (Å²) in [6.45, 7) is 17.3. The highest BCUT2D eigenvalue weighted by Gasteiger charge is 2.56. The van der Waals surface area contributed by atoms with Crippen LogP contribution in [-0.2, 0) is 4.74 Å². The highest BCUT2D eigenvalue weighted by molar-refractivity contribution is 5.48. The lowest BCUT2D eigenvalue weighted by Crippen LogP contribution is -2.37. The molecule has 0 unspecified atom stereocenters. The van der Waals surface area contributed by atoms with Crippen molar-refractivity contribution < 1.29 is 26.7 Å². The van der Waals surface area contributed by atoms with E-state index in [2.05, 4.69) is 13.2 Å². The molecular weight excluding hydrogens is 387 g/mol. The van der Waals surface area contributed by atoms with Crippen LogP contribution < -0.4 is 0 Å². The number of ether oxygens (including phenoxy) is 1. The van der Waals surface area contributed by atoms with E-state index in [0.29, 0.717) is 5.92 Å². The lowest BCUT2D eigenvalue weighted by Gasteiger charge is -2.21. The molecule has 0 bridgehead atoms. The van der Waals surface area contributed by atoms with Crippen molar-refractivity contribution in [3.05, 3.63) is 59.3 Å². The van der Waals surface area contributed by atoms with Crippen molar-refractivity contribution in [1.82, 2.24) is 0 Å². The fourth-order valence-corrected chi connectivity index (χ4v) is 2.46. The number of allylic oxidation sites excluding steroid dienone is 6. The summed E-state index contributed by atoms with van der Waals surface area (Å²) in [7, 11) is 0. The van der Waals surface area contributed by atoms with Gasteiger partial charge < -0.3 is 4.74 Å². The van der Waals surface area contributed by atoms with Gasteiger partial charge in [0.25, 0.3) is 0 Å². The van der Waals surface area contributed by atoms with Gasteiger partial charge in [-0.1, -0.05) is 70.2 Å². The van der Waals surface area contributed by atoms with Gasteiger partial charge in [0.1, 0.15) is 0 Å². The number of hydrogen-bond donors (Lipinski definition) is 0. The second kappa shape index (κ2) is 12.1. The minimum Gasteiger partial charge on any atom is -0.377 e. The number of alkyl halides is 5. The predicted molar refractivity (Wildman–Crippen MR) is 110 cm³/mol. The van der Waals surface area contributed by atoms with Crippen molar-refractivity contribution in [3.63, 3.8) is 0 Å². The van der Waals surface area contributed by atoms with Crippen LogP contribution in [0.5, 0.6) is 0 Å². The van der Waals surface area contributed by atoms with E-state index in [1.54, 1.807) is 0 Å². The Labute approximate surface area is 171 Å². The Hall–Kier alpha value is -1.69. The molecule has 1 aliphatic rings. The third-order valence-corrected chi connectivity index (χ3v) is 4.44. The molecular formula is C23H33F5O. The molecule has 0 N–H and O–H groups in total. The average molecular weight is 421 g/mol. The van der Waals surface area contributed by atoms with Gasteiger partial charge in [-0.2, -0.15) is 22.0 Å². The molecule has 6 heteroatoms. The Kier molecular flexibility index (Phi) is 11.4. The van der Waals surface area contributed by atoms with Gasteiger partial charge in [-0.25, -0.2) is 0 Å². The number of hydrogen-bond acceptors (Lipinski definition) is 1. The fraction of sp³-hybridized carbons (Fsp3) is 0.565. The summed E-state index contributed by atoms with van der Waals surface area (Å²) >= 11 is 0. The maximum Gasteiger partial charge on any atom is 0.453 e. The Bertz CT molecular complexity index is 649. The van der Waals surface area contributed by atoms with Crippen molar-refractivity contribution in [2.24, 2.45) is 5.92 Å². The molecule has 0 aromatic rings. The van der Waals surface area contributed by atoms with Crippen LogP contribution in [0.2, 0.25) is 0 Å². The lowest BCUT2D eigenvalue weighted by atomic mass is 9.88. The molecule has 0 saturated heterocycles. The quantitative estimate of drug-likeness (QED) is 0.209. The predicted octanol–water partition coefficient (Wildman–Crippen LogP) is 7.98. The molecule has 1 rings (SSSR count). The largest absolute Gasteiger partial charge is 0.453 e. The zero-order valence-electron chi connectivity index (χ0n) is 18.1.